The minimum absolute atomic E-state index is 0.481. The van der Waals surface area contributed by atoms with Crippen molar-refractivity contribution in [1.82, 2.24) is 0 Å². The standard InChI is InChI=1S/C10H10O3/c1-12-9-5-3-8(4-6-9)7-10(11)13-2/h3-6H,1-2H3. The number of ether oxygens (including phenoxy) is 1. The Bertz CT molecular complexity index is 321. The number of methoxy groups -OCH3 is 1. The molecule has 1 aliphatic rings. The summed E-state index contributed by atoms with van der Waals surface area (Å²) in [5.74, 6) is 0.264. The largest absolute Gasteiger partial charge is 0.611 e. The SMILES string of the molecule is COC([O-])=C=C1C=CC(=[O+]C)C=C1. The molecule has 0 unspecified atom stereocenters. The van der Waals surface area contributed by atoms with Gasteiger partial charge in [-0.3, -0.25) is 4.42 Å². The molecule has 0 bridgehead atoms. The van der Waals surface area contributed by atoms with Gasteiger partial charge in [-0.15, -0.1) is 0 Å². The highest BCUT2D eigenvalue weighted by Gasteiger charge is 2.04. The molecule has 0 aromatic rings. The molecular formula is C10H10O3. The molecule has 0 spiro atoms. The van der Waals surface area contributed by atoms with Crippen LogP contribution in [0.2, 0.25) is 0 Å². The summed E-state index contributed by atoms with van der Waals surface area (Å²) in [6.45, 7) is 0. The van der Waals surface area contributed by atoms with E-state index < -0.39 is 5.95 Å². The molecule has 0 atom stereocenters. The van der Waals surface area contributed by atoms with E-state index in [-0.39, 0.29) is 0 Å². The fourth-order valence-corrected chi connectivity index (χ4v) is 0.843. The van der Waals surface area contributed by atoms with Crippen LogP contribution in [0.1, 0.15) is 0 Å². The number of hydrogen-bond acceptors (Lipinski definition) is 2. The first-order valence-electron chi connectivity index (χ1n) is 3.75. The van der Waals surface area contributed by atoms with Crippen LogP contribution in [0.4, 0.5) is 0 Å². The maximum Gasteiger partial charge on any atom is 0.343 e. The van der Waals surface area contributed by atoms with Gasteiger partial charge in [-0.2, -0.15) is 0 Å². The van der Waals surface area contributed by atoms with Gasteiger partial charge in [0.1, 0.15) is 0 Å². The van der Waals surface area contributed by atoms with E-state index in [2.05, 4.69) is 10.5 Å². The Hall–Kier alpha value is -1.73. The van der Waals surface area contributed by atoms with Crippen LogP contribution in [0.3, 0.4) is 0 Å². The molecular weight excluding hydrogens is 168 g/mol. The molecule has 3 heteroatoms. The highest BCUT2D eigenvalue weighted by molar-refractivity contribution is 6.01. The van der Waals surface area contributed by atoms with Gasteiger partial charge in [0.2, 0.25) is 0 Å². The van der Waals surface area contributed by atoms with Crippen LogP contribution < -0.4 is 5.11 Å². The van der Waals surface area contributed by atoms with Crippen molar-refractivity contribution in [3.63, 3.8) is 0 Å². The fraction of sp³-hybridized carbons (Fsp3) is 0.200. The second-order valence-corrected chi connectivity index (χ2v) is 2.35. The first-order valence-corrected chi connectivity index (χ1v) is 3.75. The average Bonchev–Trinajstić information content (AvgIpc) is 2.19. The number of rotatable bonds is 1. The lowest BCUT2D eigenvalue weighted by Gasteiger charge is -2.03. The number of hydrogen-bond donors (Lipinski definition) is 0. The van der Waals surface area contributed by atoms with Crippen LogP contribution in [0.25, 0.3) is 0 Å². The van der Waals surface area contributed by atoms with E-state index in [1.54, 1.807) is 31.4 Å². The third-order valence-corrected chi connectivity index (χ3v) is 1.52. The second-order valence-electron chi connectivity index (χ2n) is 2.35. The highest BCUT2D eigenvalue weighted by Crippen LogP contribution is 2.04. The quantitative estimate of drug-likeness (QED) is 0.327. The zero-order valence-corrected chi connectivity index (χ0v) is 7.53. The lowest BCUT2D eigenvalue weighted by Crippen LogP contribution is -2.04. The van der Waals surface area contributed by atoms with Gasteiger partial charge >= 0.3 is 5.78 Å². The zero-order chi connectivity index (χ0) is 9.68. The Morgan fingerprint density at radius 2 is 2.00 bits per heavy atom. The van der Waals surface area contributed by atoms with E-state index in [1.807, 2.05) is 0 Å². The normalized spacial score (nSPS) is 14.0. The molecule has 0 amide bonds. The van der Waals surface area contributed by atoms with E-state index in [4.69, 9.17) is 4.42 Å². The lowest BCUT2D eigenvalue weighted by atomic mass is 10.1. The van der Waals surface area contributed by atoms with Crippen molar-refractivity contribution in [2.45, 2.75) is 0 Å². The Morgan fingerprint density at radius 3 is 2.46 bits per heavy atom. The number of ketones is 1. The van der Waals surface area contributed by atoms with E-state index in [0.29, 0.717) is 5.57 Å². The van der Waals surface area contributed by atoms with E-state index in [0.717, 1.165) is 5.78 Å². The summed E-state index contributed by atoms with van der Waals surface area (Å²) in [6.07, 6.45) is 6.97. The number of carbonyl (C=O) groups excluding carboxylic acids is 1. The maximum absolute atomic E-state index is 10.8. The summed E-state index contributed by atoms with van der Waals surface area (Å²) < 4.78 is 9.39. The summed E-state index contributed by atoms with van der Waals surface area (Å²) in [5.41, 5.74) is 3.20. The first kappa shape index (κ1) is 9.36. The third kappa shape index (κ3) is 2.65. The van der Waals surface area contributed by atoms with Gasteiger partial charge < -0.3 is 9.84 Å². The van der Waals surface area contributed by atoms with Gasteiger partial charge in [-0.1, -0.05) is 5.73 Å². The molecule has 0 fully saturated rings. The summed E-state index contributed by atoms with van der Waals surface area (Å²) in [7, 11) is 2.90. The van der Waals surface area contributed by atoms with Gasteiger partial charge in [0, 0.05) is 17.7 Å². The summed E-state index contributed by atoms with van der Waals surface area (Å²) in [4.78, 5) is 0. The van der Waals surface area contributed by atoms with Gasteiger partial charge in [0.15, 0.2) is 0 Å². The summed E-state index contributed by atoms with van der Waals surface area (Å²) in [6, 6.07) is 0. The van der Waals surface area contributed by atoms with Crippen molar-refractivity contribution in [1.29, 1.82) is 0 Å². The van der Waals surface area contributed by atoms with E-state index in [9.17, 15) is 5.11 Å². The van der Waals surface area contributed by atoms with Crippen molar-refractivity contribution < 1.29 is 14.3 Å². The topological polar surface area (TPSA) is 43.6 Å². The predicted octanol–water partition coefficient (Wildman–Crippen LogP) is 0.220. The predicted molar refractivity (Wildman–Crippen MR) is 46.8 cm³/mol. The molecule has 0 radical (unpaired) electrons. The third-order valence-electron chi connectivity index (χ3n) is 1.52. The maximum atomic E-state index is 10.8. The molecule has 1 rings (SSSR count). The second kappa shape index (κ2) is 4.33. The molecule has 0 aromatic carbocycles. The van der Waals surface area contributed by atoms with Crippen LogP contribution in [-0.4, -0.2) is 20.0 Å². The minimum Gasteiger partial charge on any atom is -0.611 e. The van der Waals surface area contributed by atoms with Gasteiger partial charge in [0.05, 0.1) is 5.95 Å². The molecule has 0 aromatic heterocycles. The average molecular weight is 178 g/mol. The zero-order valence-electron chi connectivity index (χ0n) is 7.53. The highest BCUT2D eigenvalue weighted by atomic mass is 16.6. The van der Waals surface area contributed by atoms with E-state index >= 15 is 0 Å². The first-order chi connectivity index (χ1) is 6.26. The summed E-state index contributed by atoms with van der Waals surface area (Å²) in [5, 5.41) is 10.8. The molecule has 0 aliphatic heterocycles. The molecule has 13 heavy (non-hydrogen) atoms. The molecule has 0 heterocycles. The van der Waals surface area contributed by atoms with Crippen molar-refractivity contribution in [3.8, 4) is 0 Å². The van der Waals surface area contributed by atoms with Crippen LogP contribution in [0, 0.1) is 0 Å². The minimum atomic E-state index is -0.481. The summed E-state index contributed by atoms with van der Waals surface area (Å²) >= 11 is 0. The lowest BCUT2D eigenvalue weighted by molar-refractivity contribution is -0.417. The Kier molecular flexibility index (Phi) is 3.12. The number of allylic oxidation sites excluding steroid dienone is 5. The monoisotopic (exact) mass is 178 g/mol. The van der Waals surface area contributed by atoms with Crippen molar-refractivity contribution in [2.24, 2.45) is 0 Å². The fourth-order valence-electron chi connectivity index (χ4n) is 0.843. The van der Waals surface area contributed by atoms with Crippen molar-refractivity contribution >= 4 is 5.78 Å². The van der Waals surface area contributed by atoms with Gasteiger partial charge in [-0.05, 0) is 19.3 Å². The van der Waals surface area contributed by atoms with Crippen molar-refractivity contribution in [2.75, 3.05) is 14.2 Å². The van der Waals surface area contributed by atoms with Crippen LogP contribution >= 0.6 is 0 Å². The molecule has 3 nitrogen and oxygen atoms in total. The Labute approximate surface area is 76.6 Å². The Morgan fingerprint density at radius 1 is 1.38 bits per heavy atom. The molecule has 1 aliphatic carbocycles. The molecule has 0 saturated heterocycles. The van der Waals surface area contributed by atoms with E-state index in [1.165, 1.54) is 7.11 Å². The van der Waals surface area contributed by atoms with Crippen LogP contribution in [-0.2, 0) is 9.16 Å². The molecule has 68 valence electrons. The van der Waals surface area contributed by atoms with Gasteiger partial charge in [-0.25, -0.2) is 0 Å². The smallest absolute Gasteiger partial charge is 0.343 e. The van der Waals surface area contributed by atoms with Gasteiger partial charge in [0.25, 0.3) is 7.11 Å². The Balaban J connectivity index is 2.92. The van der Waals surface area contributed by atoms with Crippen LogP contribution in [0.5, 0.6) is 0 Å². The van der Waals surface area contributed by atoms with Crippen molar-refractivity contribution in [3.05, 3.63) is 41.6 Å². The molecule has 0 N–H and O–H groups in total. The van der Waals surface area contributed by atoms with Crippen LogP contribution in [0.15, 0.2) is 41.6 Å². The molecule has 0 saturated carbocycles.